The van der Waals surface area contributed by atoms with Crippen molar-refractivity contribution < 1.29 is 4.79 Å². The third kappa shape index (κ3) is 4.16. The summed E-state index contributed by atoms with van der Waals surface area (Å²) in [6.07, 6.45) is 0. The average Bonchev–Trinajstić information content (AvgIpc) is 3.15. The van der Waals surface area contributed by atoms with Gasteiger partial charge in [-0.1, -0.05) is 53.4 Å². The molecule has 0 unspecified atom stereocenters. The van der Waals surface area contributed by atoms with E-state index in [9.17, 15) is 4.79 Å². The second-order valence-electron chi connectivity index (χ2n) is 4.24. The molecule has 1 amide bonds. The number of thioether (sulfide) groups is 1. The van der Waals surface area contributed by atoms with Crippen molar-refractivity contribution in [3.05, 3.63) is 56.7 Å². The molecule has 1 aromatic carbocycles. The van der Waals surface area contributed by atoms with Crippen LogP contribution in [0.25, 0.3) is 0 Å². The second kappa shape index (κ2) is 7.36. The molecule has 0 bridgehead atoms. The molecule has 0 atom stereocenters. The van der Waals surface area contributed by atoms with E-state index in [-0.39, 0.29) is 5.91 Å². The molecule has 0 radical (unpaired) electrons. The number of benzene rings is 1. The molecule has 4 nitrogen and oxygen atoms in total. The number of hydrogen-bond donors (Lipinski definition) is 1. The number of nitrogens with zero attached hydrogens (tertiary/aromatic N) is 2. The number of carbonyl (C=O) groups is 1. The molecule has 0 fully saturated rings. The molecule has 0 aliphatic heterocycles. The minimum absolute atomic E-state index is 0.169. The first kappa shape index (κ1) is 15.7. The predicted octanol–water partition coefficient (Wildman–Crippen LogP) is 4.91. The molecule has 3 rings (SSSR count). The minimum Gasteiger partial charge on any atom is -0.296 e. The molecule has 0 saturated heterocycles. The Morgan fingerprint density at radius 3 is 2.82 bits per heavy atom. The van der Waals surface area contributed by atoms with E-state index in [0.717, 1.165) is 13.9 Å². The summed E-state index contributed by atoms with van der Waals surface area (Å²) < 4.78 is 1.76. The fourth-order valence-corrected chi connectivity index (χ4v) is 4.48. The Kier molecular flexibility index (Phi) is 5.24. The van der Waals surface area contributed by atoms with Gasteiger partial charge in [0.25, 0.3) is 5.91 Å². The van der Waals surface area contributed by atoms with Gasteiger partial charge >= 0.3 is 0 Å². The number of thiophene rings is 1. The minimum atomic E-state index is -0.169. The number of aromatic nitrogens is 2. The van der Waals surface area contributed by atoms with Crippen molar-refractivity contribution in [1.82, 2.24) is 10.2 Å². The van der Waals surface area contributed by atoms with E-state index in [1.807, 2.05) is 18.2 Å². The zero-order valence-electron chi connectivity index (χ0n) is 11.2. The maximum Gasteiger partial charge on any atom is 0.258 e. The molecule has 22 heavy (non-hydrogen) atoms. The molecular weight excluding hydrogens is 402 g/mol. The van der Waals surface area contributed by atoms with Gasteiger partial charge in [-0.25, -0.2) is 0 Å². The van der Waals surface area contributed by atoms with Gasteiger partial charge in [-0.15, -0.1) is 21.5 Å². The molecule has 2 aromatic heterocycles. The molecule has 0 aliphatic carbocycles. The first-order chi connectivity index (χ1) is 10.7. The molecule has 2 heterocycles. The van der Waals surface area contributed by atoms with Crippen LogP contribution in [0.15, 0.2) is 49.9 Å². The van der Waals surface area contributed by atoms with E-state index < -0.39 is 0 Å². The number of halogens is 1. The SMILES string of the molecule is O=C(Nc1nnc(SCc2ccccc2)s1)c1csc(Br)c1. The smallest absolute Gasteiger partial charge is 0.258 e. The number of hydrogen-bond acceptors (Lipinski definition) is 6. The standard InChI is InChI=1S/C14H10BrN3OS3/c15-11-6-10(8-20-11)12(19)16-13-17-18-14(22-13)21-7-9-4-2-1-3-5-9/h1-6,8H,7H2,(H,16,17,19). The molecule has 3 aromatic rings. The average molecular weight is 412 g/mol. The van der Waals surface area contributed by atoms with Crippen molar-refractivity contribution in [2.75, 3.05) is 5.32 Å². The van der Waals surface area contributed by atoms with E-state index in [1.165, 1.54) is 28.2 Å². The lowest BCUT2D eigenvalue weighted by Gasteiger charge is -1.97. The van der Waals surface area contributed by atoms with E-state index >= 15 is 0 Å². The highest BCUT2D eigenvalue weighted by molar-refractivity contribution is 9.11. The van der Waals surface area contributed by atoms with E-state index in [1.54, 1.807) is 23.2 Å². The number of rotatable bonds is 5. The summed E-state index contributed by atoms with van der Waals surface area (Å²) in [4.78, 5) is 12.0. The van der Waals surface area contributed by atoms with Gasteiger partial charge < -0.3 is 0 Å². The summed E-state index contributed by atoms with van der Waals surface area (Å²) in [7, 11) is 0. The van der Waals surface area contributed by atoms with Crippen LogP contribution in [0.2, 0.25) is 0 Å². The number of carbonyl (C=O) groups excluding carboxylic acids is 1. The highest BCUT2D eigenvalue weighted by Crippen LogP contribution is 2.29. The lowest BCUT2D eigenvalue weighted by atomic mass is 10.2. The quantitative estimate of drug-likeness (QED) is 0.478. The maximum absolute atomic E-state index is 12.0. The highest BCUT2D eigenvalue weighted by Gasteiger charge is 2.12. The van der Waals surface area contributed by atoms with Gasteiger partial charge in [0.05, 0.1) is 9.35 Å². The molecule has 0 aliphatic rings. The van der Waals surface area contributed by atoms with Crippen LogP contribution in [0.3, 0.4) is 0 Å². The lowest BCUT2D eigenvalue weighted by Crippen LogP contribution is -2.10. The van der Waals surface area contributed by atoms with Crippen molar-refractivity contribution in [2.24, 2.45) is 0 Å². The van der Waals surface area contributed by atoms with Crippen LogP contribution >= 0.6 is 50.4 Å². The fourth-order valence-electron chi connectivity index (χ4n) is 1.64. The van der Waals surface area contributed by atoms with Gasteiger partial charge in [-0.3, -0.25) is 10.1 Å². The van der Waals surface area contributed by atoms with Gasteiger partial charge in [0.1, 0.15) is 0 Å². The first-order valence-corrected chi connectivity index (χ1v) is 9.74. The summed E-state index contributed by atoms with van der Waals surface area (Å²) >= 11 is 7.81. The Morgan fingerprint density at radius 1 is 1.27 bits per heavy atom. The van der Waals surface area contributed by atoms with Crippen LogP contribution < -0.4 is 5.32 Å². The Morgan fingerprint density at radius 2 is 2.09 bits per heavy atom. The van der Waals surface area contributed by atoms with Crippen molar-refractivity contribution in [3.63, 3.8) is 0 Å². The van der Waals surface area contributed by atoms with E-state index in [0.29, 0.717) is 10.7 Å². The second-order valence-corrected chi connectivity index (χ2v) is 8.73. The number of anilines is 1. The highest BCUT2D eigenvalue weighted by atomic mass is 79.9. The summed E-state index contributed by atoms with van der Waals surface area (Å²) in [6, 6.07) is 12.0. The van der Waals surface area contributed by atoms with Crippen molar-refractivity contribution in [3.8, 4) is 0 Å². The zero-order chi connectivity index (χ0) is 15.4. The van der Waals surface area contributed by atoms with Gasteiger partial charge in [0, 0.05) is 11.1 Å². The zero-order valence-corrected chi connectivity index (χ0v) is 15.2. The van der Waals surface area contributed by atoms with Crippen LogP contribution in [0.5, 0.6) is 0 Å². The summed E-state index contributed by atoms with van der Waals surface area (Å²) in [5.74, 6) is 0.665. The summed E-state index contributed by atoms with van der Waals surface area (Å²) in [6.45, 7) is 0. The molecule has 0 spiro atoms. The number of amides is 1. The largest absolute Gasteiger partial charge is 0.296 e. The van der Waals surface area contributed by atoms with E-state index in [4.69, 9.17) is 0 Å². The van der Waals surface area contributed by atoms with Crippen LogP contribution in [0, 0.1) is 0 Å². The van der Waals surface area contributed by atoms with E-state index in [2.05, 4.69) is 43.6 Å². The Labute approximate surface area is 148 Å². The molecule has 8 heteroatoms. The maximum atomic E-state index is 12.0. The molecule has 1 N–H and O–H groups in total. The third-order valence-electron chi connectivity index (χ3n) is 2.66. The third-order valence-corrected chi connectivity index (χ3v) is 6.21. The molecular formula is C14H10BrN3OS3. The van der Waals surface area contributed by atoms with Crippen molar-refractivity contribution in [2.45, 2.75) is 10.1 Å². The fraction of sp³-hybridized carbons (Fsp3) is 0.0714. The lowest BCUT2D eigenvalue weighted by molar-refractivity contribution is 0.102. The Bertz CT molecular complexity index is 773. The van der Waals surface area contributed by atoms with Crippen LogP contribution in [0.1, 0.15) is 15.9 Å². The van der Waals surface area contributed by atoms with Crippen LogP contribution in [-0.4, -0.2) is 16.1 Å². The molecule has 112 valence electrons. The summed E-state index contributed by atoms with van der Waals surface area (Å²) in [5.41, 5.74) is 1.85. The Balaban J connectivity index is 1.58. The van der Waals surface area contributed by atoms with Crippen molar-refractivity contribution >= 4 is 61.4 Å². The van der Waals surface area contributed by atoms with Crippen LogP contribution in [0.4, 0.5) is 5.13 Å². The molecule has 0 saturated carbocycles. The monoisotopic (exact) mass is 411 g/mol. The summed E-state index contributed by atoms with van der Waals surface area (Å²) in [5, 5.41) is 13.2. The van der Waals surface area contributed by atoms with Gasteiger partial charge in [-0.05, 0) is 27.6 Å². The Hall–Kier alpha value is -1.22. The predicted molar refractivity (Wildman–Crippen MR) is 95.9 cm³/mol. The van der Waals surface area contributed by atoms with Gasteiger partial charge in [0.15, 0.2) is 4.34 Å². The van der Waals surface area contributed by atoms with Crippen LogP contribution in [-0.2, 0) is 5.75 Å². The normalized spacial score (nSPS) is 10.6. The topological polar surface area (TPSA) is 54.9 Å². The number of nitrogens with one attached hydrogen (secondary N) is 1. The van der Waals surface area contributed by atoms with Gasteiger partial charge in [-0.2, -0.15) is 0 Å². The van der Waals surface area contributed by atoms with Gasteiger partial charge in [0.2, 0.25) is 5.13 Å². The van der Waals surface area contributed by atoms with Crippen molar-refractivity contribution in [1.29, 1.82) is 0 Å². The first-order valence-electron chi connectivity index (χ1n) is 6.26.